The molecule has 1 heterocycles. The number of carbonyl (C=O) groups is 1. The van der Waals surface area contributed by atoms with Crippen LogP contribution < -0.4 is 0 Å². The Bertz CT molecular complexity index is 546. The minimum atomic E-state index is -0.715. The molecule has 2 atom stereocenters. The Kier molecular flexibility index (Phi) is 3.89. The van der Waals surface area contributed by atoms with Gasteiger partial charge in [-0.3, -0.25) is 14.9 Å². The summed E-state index contributed by atoms with van der Waals surface area (Å²) >= 11 is 0. The van der Waals surface area contributed by atoms with Crippen LogP contribution in [0.5, 0.6) is 5.75 Å². The van der Waals surface area contributed by atoms with E-state index >= 15 is 0 Å². The highest BCUT2D eigenvalue weighted by molar-refractivity contribution is 5.98. The first kappa shape index (κ1) is 14.3. The Morgan fingerprint density at radius 1 is 1.55 bits per heavy atom. The Labute approximate surface area is 115 Å². The number of phenolic OH excluding ortho intramolecular Hbond substituents is 1. The van der Waals surface area contributed by atoms with Gasteiger partial charge in [0.2, 0.25) is 5.75 Å². The summed E-state index contributed by atoms with van der Waals surface area (Å²) in [7, 11) is 1.61. The van der Waals surface area contributed by atoms with Crippen LogP contribution >= 0.6 is 0 Å². The fraction of sp³-hybridized carbons (Fsp3) is 0.462. The van der Waals surface area contributed by atoms with Gasteiger partial charge in [0, 0.05) is 19.7 Å². The minimum Gasteiger partial charge on any atom is -0.502 e. The second-order valence-corrected chi connectivity index (χ2v) is 4.78. The number of aromatic hydroxyl groups is 1. The molecule has 7 nitrogen and oxygen atoms in total. The van der Waals surface area contributed by atoms with E-state index in [0.717, 1.165) is 6.07 Å². The van der Waals surface area contributed by atoms with E-state index in [1.807, 2.05) is 6.92 Å². The molecule has 1 aromatic rings. The van der Waals surface area contributed by atoms with Gasteiger partial charge in [-0.2, -0.15) is 0 Å². The first-order valence-electron chi connectivity index (χ1n) is 6.28. The zero-order chi connectivity index (χ0) is 14.9. The lowest BCUT2D eigenvalue weighted by molar-refractivity contribution is -0.385. The van der Waals surface area contributed by atoms with Crippen LogP contribution in [0.2, 0.25) is 0 Å². The van der Waals surface area contributed by atoms with Crippen molar-refractivity contribution in [2.45, 2.75) is 25.5 Å². The van der Waals surface area contributed by atoms with Gasteiger partial charge < -0.3 is 14.7 Å². The van der Waals surface area contributed by atoms with E-state index in [-0.39, 0.29) is 17.7 Å². The Morgan fingerprint density at radius 3 is 2.80 bits per heavy atom. The van der Waals surface area contributed by atoms with Crippen molar-refractivity contribution in [1.29, 1.82) is 0 Å². The van der Waals surface area contributed by atoms with Crippen LogP contribution in [-0.4, -0.2) is 46.6 Å². The lowest BCUT2D eigenvalue weighted by Gasteiger charge is -2.26. The number of rotatable bonds is 3. The summed E-state index contributed by atoms with van der Waals surface area (Å²) in [5.74, 6) is -1.05. The molecule has 0 radical (unpaired) electrons. The summed E-state index contributed by atoms with van der Waals surface area (Å²) in [5.41, 5.74) is -0.541. The van der Waals surface area contributed by atoms with Gasteiger partial charge in [-0.1, -0.05) is 6.07 Å². The van der Waals surface area contributed by atoms with Crippen molar-refractivity contribution in [2.75, 3.05) is 13.7 Å². The summed E-state index contributed by atoms with van der Waals surface area (Å²) in [4.78, 5) is 23.9. The van der Waals surface area contributed by atoms with E-state index in [9.17, 15) is 20.0 Å². The zero-order valence-corrected chi connectivity index (χ0v) is 11.3. The third kappa shape index (κ3) is 2.44. The molecule has 1 N–H and O–H groups in total. The van der Waals surface area contributed by atoms with E-state index in [2.05, 4.69) is 0 Å². The average molecular weight is 280 g/mol. The number of ether oxygens (including phenoxy) is 1. The molecule has 1 fully saturated rings. The molecule has 20 heavy (non-hydrogen) atoms. The van der Waals surface area contributed by atoms with Crippen molar-refractivity contribution in [3.05, 3.63) is 33.9 Å². The maximum absolute atomic E-state index is 12.4. The number of nitro groups is 1. The van der Waals surface area contributed by atoms with E-state index in [1.165, 1.54) is 17.0 Å². The Hall–Kier alpha value is -2.15. The molecular weight excluding hydrogens is 264 g/mol. The van der Waals surface area contributed by atoms with Crippen LogP contribution in [0.4, 0.5) is 5.69 Å². The summed E-state index contributed by atoms with van der Waals surface area (Å²) in [6.45, 7) is 2.44. The van der Waals surface area contributed by atoms with Crippen LogP contribution in [0.25, 0.3) is 0 Å². The van der Waals surface area contributed by atoms with Crippen molar-refractivity contribution in [3.63, 3.8) is 0 Å². The molecule has 7 heteroatoms. The number of carbonyl (C=O) groups excluding carboxylic acids is 1. The van der Waals surface area contributed by atoms with Gasteiger partial charge >= 0.3 is 5.69 Å². The molecule has 0 aliphatic carbocycles. The number of hydrogen-bond donors (Lipinski definition) is 1. The van der Waals surface area contributed by atoms with Crippen molar-refractivity contribution in [2.24, 2.45) is 0 Å². The van der Waals surface area contributed by atoms with Crippen LogP contribution in [0.3, 0.4) is 0 Å². The normalized spacial score (nSPS) is 21.7. The molecule has 2 unspecified atom stereocenters. The van der Waals surface area contributed by atoms with Crippen molar-refractivity contribution < 1.29 is 19.6 Å². The van der Waals surface area contributed by atoms with E-state index in [4.69, 9.17) is 4.74 Å². The van der Waals surface area contributed by atoms with Gasteiger partial charge in [-0.15, -0.1) is 0 Å². The maximum Gasteiger partial charge on any atom is 0.311 e. The molecule has 0 spiro atoms. The van der Waals surface area contributed by atoms with Crippen LogP contribution in [0.1, 0.15) is 23.7 Å². The third-order valence-electron chi connectivity index (χ3n) is 3.60. The van der Waals surface area contributed by atoms with Crippen LogP contribution in [-0.2, 0) is 4.74 Å². The molecule has 1 aromatic carbocycles. The summed E-state index contributed by atoms with van der Waals surface area (Å²) in [5, 5.41) is 20.6. The second-order valence-electron chi connectivity index (χ2n) is 4.78. The first-order chi connectivity index (χ1) is 9.43. The van der Waals surface area contributed by atoms with Gasteiger partial charge in [0.25, 0.3) is 5.91 Å². The van der Waals surface area contributed by atoms with Crippen molar-refractivity contribution in [3.8, 4) is 5.75 Å². The smallest absolute Gasteiger partial charge is 0.311 e. The second kappa shape index (κ2) is 5.46. The average Bonchev–Trinajstić information content (AvgIpc) is 2.83. The van der Waals surface area contributed by atoms with Crippen molar-refractivity contribution in [1.82, 2.24) is 4.90 Å². The van der Waals surface area contributed by atoms with Gasteiger partial charge in [0.1, 0.15) is 0 Å². The number of para-hydroxylation sites is 1. The minimum absolute atomic E-state index is 0.0687. The number of amides is 1. The number of hydrogen-bond acceptors (Lipinski definition) is 5. The fourth-order valence-corrected chi connectivity index (χ4v) is 2.42. The molecule has 0 aromatic heterocycles. The third-order valence-corrected chi connectivity index (χ3v) is 3.60. The lowest BCUT2D eigenvalue weighted by atomic mass is 10.1. The topological polar surface area (TPSA) is 92.9 Å². The summed E-state index contributed by atoms with van der Waals surface area (Å²) in [6, 6.07) is 3.82. The monoisotopic (exact) mass is 280 g/mol. The molecule has 1 aliphatic rings. The number of nitrogens with zero attached hydrogens (tertiary/aromatic N) is 2. The fourth-order valence-electron chi connectivity index (χ4n) is 2.42. The number of likely N-dealkylation sites (N-methyl/N-ethyl adjacent to an activating group) is 1. The van der Waals surface area contributed by atoms with E-state index in [1.54, 1.807) is 7.05 Å². The quantitative estimate of drug-likeness (QED) is 0.669. The summed E-state index contributed by atoms with van der Waals surface area (Å²) < 4.78 is 5.40. The van der Waals surface area contributed by atoms with Gasteiger partial charge in [-0.05, 0) is 19.4 Å². The predicted molar refractivity (Wildman–Crippen MR) is 70.7 cm³/mol. The summed E-state index contributed by atoms with van der Waals surface area (Å²) in [6.07, 6.45) is 0.615. The number of benzene rings is 1. The lowest BCUT2D eigenvalue weighted by Crippen LogP contribution is -2.41. The number of nitro benzene ring substituents is 1. The van der Waals surface area contributed by atoms with Gasteiger partial charge in [0.05, 0.1) is 22.6 Å². The molecule has 2 rings (SSSR count). The Balaban J connectivity index is 2.29. The predicted octanol–water partition coefficient (Wildman–Crippen LogP) is 1.55. The molecule has 0 bridgehead atoms. The van der Waals surface area contributed by atoms with Crippen LogP contribution in [0, 0.1) is 10.1 Å². The Morgan fingerprint density at radius 2 is 2.25 bits per heavy atom. The standard InChI is InChI=1S/C13H16N2O5/c1-8-10(6-7-20-8)14(2)13(17)9-4-3-5-11(12(9)16)15(18)19/h3-5,8,10,16H,6-7H2,1-2H3. The number of phenols is 1. The molecule has 0 saturated carbocycles. The molecular formula is C13H16N2O5. The highest BCUT2D eigenvalue weighted by Crippen LogP contribution is 2.31. The largest absolute Gasteiger partial charge is 0.502 e. The highest BCUT2D eigenvalue weighted by atomic mass is 16.6. The molecule has 108 valence electrons. The molecule has 1 aliphatic heterocycles. The molecule has 1 amide bonds. The SMILES string of the molecule is CC1OCCC1N(C)C(=O)c1cccc([N+](=O)[O-])c1O. The zero-order valence-electron chi connectivity index (χ0n) is 11.3. The first-order valence-corrected chi connectivity index (χ1v) is 6.28. The highest BCUT2D eigenvalue weighted by Gasteiger charge is 2.33. The maximum atomic E-state index is 12.4. The van der Waals surface area contributed by atoms with E-state index in [0.29, 0.717) is 13.0 Å². The molecule has 1 saturated heterocycles. The van der Waals surface area contributed by atoms with Crippen molar-refractivity contribution >= 4 is 11.6 Å². The van der Waals surface area contributed by atoms with Crippen LogP contribution in [0.15, 0.2) is 18.2 Å². The van der Waals surface area contributed by atoms with Gasteiger partial charge in [-0.25, -0.2) is 0 Å². The van der Waals surface area contributed by atoms with Gasteiger partial charge in [0.15, 0.2) is 0 Å². The van der Waals surface area contributed by atoms with E-state index < -0.39 is 22.3 Å².